The second-order valence-electron chi connectivity index (χ2n) is 6.52. The number of ether oxygens (including phenoxy) is 2. The number of carbonyl (C=O) groups is 2. The van der Waals surface area contributed by atoms with Crippen molar-refractivity contribution in [2.75, 3.05) is 6.61 Å². The highest BCUT2D eigenvalue weighted by atomic mass is 35.5. The molecule has 0 amide bonds. The zero-order valence-electron chi connectivity index (χ0n) is 14.9. The first-order valence-corrected chi connectivity index (χ1v) is 9.41. The van der Waals surface area contributed by atoms with Crippen LogP contribution in [-0.2, 0) is 9.47 Å². The summed E-state index contributed by atoms with van der Waals surface area (Å²) in [7, 11) is 0. The quantitative estimate of drug-likeness (QED) is 0.524. The zero-order valence-corrected chi connectivity index (χ0v) is 16.4. The van der Waals surface area contributed by atoms with E-state index in [-0.39, 0.29) is 27.6 Å². The molecule has 1 aromatic rings. The van der Waals surface area contributed by atoms with Gasteiger partial charge in [-0.05, 0) is 6.08 Å². The molecule has 1 aromatic carbocycles. The number of aliphatic hydroxyl groups excluding tert-OH is 4. The maximum atomic E-state index is 13.0. The predicted octanol–water partition coefficient (Wildman–Crippen LogP) is 0.845. The van der Waals surface area contributed by atoms with Crippen molar-refractivity contribution in [3.63, 3.8) is 0 Å². The zero-order chi connectivity index (χ0) is 21.3. The van der Waals surface area contributed by atoms with Crippen LogP contribution in [-0.4, -0.2) is 69.3 Å². The molecule has 8 nitrogen and oxygen atoms in total. The van der Waals surface area contributed by atoms with Crippen molar-refractivity contribution in [3.05, 3.63) is 57.3 Å². The van der Waals surface area contributed by atoms with E-state index in [0.29, 0.717) is 0 Å². The van der Waals surface area contributed by atoms with Gasteiger partial charge in [-0.1, -0.05) is 47.5 Å². The van der Waals surface area contributed by atoms with Crippen LogP contribution in [0.1, 0.15) is 27.1 Å². The first kappa shape index (κ1) is 21.9. The van der Waals surface area contributed by atoms with E-state index in [1.165, 1.54) is 18.2 Å². The lowest BCUT2D eigenvalue weighted by molar-refractivity contribution is -0.290. The number of hydrogen-bond acceptors (Lipinski definition) is 8. The topological polar surface area (TPSA) is 134 Å². The van der Waals surface area contributed by atoms with Gasteiger partial charge in [0.2, 0.25) is 12.1 Å². The number of fused-ring (bicyclic) bond motifs is 1. The largest absolute Gasteiger partial charge is 0.457 e. The van der Waals surface area contributed by atoms with Gasteiger partial charge in [-0.2, -0.15) is 0 Å². The number of rotatable bonds is 5. The fourth-order valence-corrected chi connectivity index (χ4v) is 3.33. The first-order valence-electron chi connectivity index (χ1n) is 8.66. The van der Waals surface area contributed by atoms with Crippen LogP contribution in [0.5, 0.6) is 0 Å². The third kappa shape index (κ3) is 4.24. The van der Waals surface area contributed by atoms with Crippen LogP contribution in [0.15, 0.2) is 46.2 Å². The molecule has 4 N–H and O–H groups in total. The smallest absolute Gasteiger partial charge is 0.229 e. The molecule has 0 bridgehead atoms. The molecule has 1 saturated heterocycles. The summed E-state index contributed by atoms with van der Waals surface area (Å²) < 4.78 is 10.7. The molecule has 0 spiro atoms. The van der Waals surface area contributed by atoms with Crippen molar-refractivity contribution >= 4 is 34.8 Å². The number of hydrogen-bond donors (Lipinski definition) is 4. The fraction of sp³-hybridized carbons (Fsp3) is 0.368. The molecule has 1 fully saturated rings. The molecule has 1 aliphatic heterocycles. The summed E-state index contributed by atoms with van der Waals surface area (Å²) in [5, 5.41) is 39.3. The number of halogens is 2. The van der Waals surface area contributed by atoms with Gasteiger partial charge in [0.15, 0.2) is 11.5 Å². The Kier molecular flexibility index (Phi) is 6.75. The van der Waals surface area contributed by atoms with Crippen LogP contribution < -0.4 is 0 Å². The molecule has 29 heavy (non-hydrogen) atoms. The monoisotopic (exact) mass is 444 g/mol. The van der Waals surface area contributed by atoms with Crippen LogP contribution in [0, 0.1) is 0 Å². The minimum Gasteiger partial charge on any atom is -0.457 e. The molecular weight excluding hydrogens is 427 g/mol. The maximum Gasteiger partial charge on any atom is 0.229 e. The number of carbonyl (C=O) groups excluding carboxylic acids is 2. The molecule has 2 aliphatic rings. The summed E-state index contributed by atoms with van der Waals surface area (Å²) in [6.45, 7) is -0.670. The van der Waals surface area contributed by atoms with Gasteiger partial charge in [-0.3, -0.25) is 9.59 Å². The molecule has 1 heterocycles. The van der Waals surface area contributed by atoms with Crippen LogP contribution in [0.25, 0.3) is 0 Å². The number of allylic oxidation sites excluding steroid dienone is 3. The molecule has 10 heteroatoms. The summed E-state index contributed by atoms with van der Waals surface area (Å²) in [6.07, 6.45) is -6.72. The minimum atomic E-state index is -1.74. The van der Waals surface area contributed by atoms with Crippen molar-refractivity contribution in [3.8, 4) is 0 Å². The van der Waals surface area contributed by atoms with Gasteiger partial charge in [0.1, 0.15) is 28.9 Å². The minimum absolute atomic E-state index is 0.0653. The third-order valence-electron chi connectivity index (χ3n) is 4.71. The van der Waals surface area contributed by atoms with E-state index in [0.717, 1.165) is 0 Å². The number of ketones is 2. The summed E-state index contributed by atoms with van der Waals surface area (Å²) in [6, 6.07) is 6.13. The molecule has 3 rings (SSSR count). The van der Waals surface area contributed by atoms with Gasteiger partial charge in [0.05, 0.1) is 12.2 Å². The van der Waals surface area contributed by atoms with E-state index in [1.807, 2.05) is 0 Å². The van der Waals surface area contributed by atoms with E-state index in [1.54, 1.807) is 12.1 Å². The Morgan fingerprint density at radius 3 is 2.24 bits per heavy atom. The Morgan fingerprint density at radius 2 is 1.66 bits per heavy atom. The molecule has 0 radical (unpaired) electrons. The van der Waals surface area contributed by atoms with E-state index in [4.69, 9.17) is 32.7 Å². The molecule has 0 unspecified atom stereocenters. The van der Waals surface area contributed by atoms with E-state index >= 15 is 0 Å². The van der Waals surface area contributed by atoms with Gasteiger partial charge in [-0.25, -0.2) is 0 Å². The van der Waals surface area contributed by atoms with Gasteiger partial charge in [0, 0.05) is 17.5 Å². The highest BCUT2D eigenvalue weighted by Gasteiger charge is 2.46. The third-order valence-corrected chi connectivity index (χ3v) is 5.02. The summed E-state index contributed by atoms with van der Waals surface area (Å²) in [4.78, 5) is 25.9. The average molecular weight is 445 g/mol. The number of Topliss-reactive ketones (excluding diaryl/α,β-unsaturated/α-hetero) is 2. The lowest BCUT2D eigenvalue weighted by Gasteiger charge is -2.40. The molecule has 0 saturated carbocycles. The van der Waals surface area contributed by atoms with Crippen molar-refractivity contribution in [1.29, 1.82) is 0 Å². The van der Waals surface area contributed by atoms with Crippen LogP contribution in [0.2, 0.25) is 0 Å². The number of benzene rings is 1. The van der Waals surface area contributed by atoms with Crippen molar-refractivity contribution in [1.82, 2.24) is 0 Å². The Balaban J connectivity index is 2.00. The molecule has 0 aromatic heterocycles. The van der Waals surface area contributed by atoms with E-state index in [9.17, 15) is 30.0 Å². The second kappa shape index (κ2) is 8.93. The Morgan fingerprint density at radius 1 is 1.03 bits per heavy atom. The van der Waals surface area contributed by atoms with Crippen molar-refractivity contribution < 1.29 is 39.5 Å². The number of aliphatic hydroxyl groups is 4. The second-order valence-corrected chi connectivity index (χ2v) is 7.53. The predicted molar refractivity (Wildman–Crippen MR) is 101 cm³/mol. The average Bonchev–Trinajstić information content (AvgIpc) is 2.71. The lowest BCUT2D eigenvalue weighted by atomic mass is 9.86. The highest BCUT2D eigenvalue weighted by molar-refractivity contribution is 6.55. The lowest BCUT2D eigenvalue weighted by Crippen LogP contribution is -2.59. The van der Waals surface area contributed by atoms with Crippen molar-refractivity contribution in [2.45, 2.75) is 37.1 Å². The standard InChI is InChI=1S/C19H18Cl2O8/c20-12(21)6-5-10-13(23)8-3-1-2-4-9(8)14(24)18(10)29-19-17(27)16(26)15(25)11(7-22)28-19/h1-4,6,11,15-17,19,22,25-27H,5,7H2/t11-,15+,16+,17-,19-/m0/s1. The molecule has 156 valence electrons. The van der Waals surface area contributed by atoms with E-state index < -0.39 is 54.6 Å². The Bertz CT molecular complexity index is 875. The van der Waals surface area contributed by atoms with Gasteiger partial charge in [-0.15, -0.1) is 0 Å². The summed E-state index contributed by atoms with van der Waals surface area (Å²) in [5.74, 6) is -1.53. The molecular formula is C19H18Cl2O8. The Hall–Kier alpha value is -1.78. The first-order chi connectivity index (χ1) is 13.8. The highest BCUT2D eigenvalue weighted by Crippen LogP contribution is 2.32. The summed E-state index contributed by atoms with van der Waals surface area (Å²) in [5.41, 5.74) is 0.207. The maximum absolute atomic E-state index is 13.0. The van der Waals surface area contributed by atoms with Crippen LogP contribution in [0.4, 0.5) is 0 Å². The molecule has 5 atom stereocenters. The fourth-order valence-electron chi connectivity index (χ4n) is 3.17. The van der Waals surface area contributed by atoms with Crippen molar-refractivity contribution in [2.24, 2.45) is 0 Å². The molecule has 1 aliphatic carbocycles. The normalized spacial score (nSPS) is 29.5. The van der Waals surface area contributed by atoms with Gasteiger partial charge >= 0.3 is 0 Å². The Labute approximate surface area is 175 Å². The SMILES string of the molecule is O=C1C(CC=C(Cl)Cl)=C(O[C@@H]2O[C@@H](CO)[C@@H](O)[C@@H](O)[C@@H]2O)C(=O)c2ccccc21. The van der Waals surface area contributed by atoms with Gasteiger partial charge < -0.3 is 29.9 Å². The van der Waals surface area contributed by atoms with Gasteiger partial charge in [0.25, 0.3) is 0 Å². The van der Waals surface area contributed by atoms with Crippen LogP contribution in [0.3, 0.4) is 0 Å². The van der Waals surface area contributed by atoms with Crippen LogP contribution >= 0.6 is 23.2 Å². The summed E-state index contributed by atoms with van der Waals surface area (Å²) >= 11 is 11.3. The van der Waals surface area contributed by atoms with E-state index in [2.05, 4.69) is 0 Å².